The fraction of sp³-hybridized carbons (Fsp3) is 0.556. The zero-order chi connectivity index (χ0) is 18.6. The number of ether oxygens (including phenoxy) is 2. The van der Waals surface area contributed by atoms with Crippen molar-refractivity contribution < 1.29 is 14.3 Å². The first-order chi connectivity index (χ1) is 11.7. The highest BCUT2D eigenvalue weighted by atomic mass is 79.9. The van der Waals surface area contributed by atoms with Gasteiger partial charge in [-0.05, 0) is 38.0 Å². The van der Waals surface area contributed by atoms with Gasteiger partial charge in [-0.3, -0.25) is 4.79 Å². The van der Waals surface area contributed by atoms with Gasteiger partial charge in [0.25, 0.3) is 0 Å². The van der Waals surface area contributed by atoms with E-state index in [2.05, 4.69) is 26.2 Å². The van der Waals surface area contributed by atoms with Crippen LogP contribution in [0.4, 0.5) is 5.13 Å². The molecule has 0 saturated carbocycles. The van der Waals surface area contributed by atoms with E-state index in [4.69, 9.17) is 9.47 Å². The maximum atomic E-state index is 12.1. The highest BCUT2D eigenvalue weighted by Crippen LogP contribution is 2.30. The summed E-state index contributed by atoms with van der Waals surface area (Å²) in [4.78, 5) is 16.4. The summed E-state index contributed by atoms with van der Waals surface area (Å²) in [5, 5.41) is 3.47. The summed E-state index contributed by atoms with van der Waals surface area (Å²) in [5.74, 6) is 0.930. The zero-order valence-electron chi connectivity index (χ0n) is 15.3. The number of thiazole rings is 1. The molecule has 5 nitrogen and oxygen atoms in total. The van der Waals surface area contributed by atoms with Gasteiger partial charge in [0.2, 0.25) is 5.91 Å². The summed E-state index contributed by atoms with van der Waals surface area (Å²) >= 11 is 4.85. The first-order valence-corrected chi connectivity index (χ1v) is 9.98. The largest absolute Gasteiger partial charge is 0.493 e. The molecule has 1 aromatic heterocycles. The highest BCUT2D eigenvalue weighted by Gasteiger charge is 2.20. The molecule has 0 saturated heterocycles. The first-order valence-electron chi connectivity index (χ1n) is 8.25. The summed E-state index contributed by atoms with van der Waals surface area (Å²) in [7, 11) is 1.70. The fourth-order valence-corrected chi connectivity index (χ4v) is 3.05. The van der Waals surface area contributed by atoms with Crippen molar-refractivity contribution in [2.75, 3.05) is 19.0 Å². The summed E-state index contributed by atoms with van der Waals surface area (Å²) < 4.78 is 12.2. The van der Waals surface area contributed by atoms with Gasteiger partial charge in [-0.2, -0.15) is 0 Å². The van der Waals surface area contributed by atoms with Gasteiger partial charge in [-0.1, -0.05) is 41.1 Å². The van der Waals surface area contributed by atoms with Gasteiger partial charge in [-0.25, -0.2) is 4.98 Å². The smallest absolute Gasteiger partial charge is 0.240 e. The third-order valence-corrected chi connectivity index (χ3v) is 6.36. The molecule has 1 heterocycles. The third-order valence-electron chi connectivity index (χ3n) is 3.95. The van der Waals surface area contributed by atoms with E-state index in [1.807, 2.05) is 45.9 Å². The number of hydrogen-bond donors (Lipinski definition) is 1. The average molecular weight is 429 g/mol. The van der Waals surface area contributed by atoms with Crippen LogP contribution in [0.2, 0.25) is 0 Å². The van der Waals surface area contributed by atoms with Gasteiger partial charge < -0.3 is 14.8 Å². The molecule has 1 amide bonds. The number of hydrogen-bond acceptors (Lipinski definition) is 5. The molecular formula is C18H25BrN2O3S. The van der Waals surface area contributed by atoms with Gasteiger partial charge in [-0.15, -0.1) is 0 Å². The summed E-state index contributed by atoms with van der Waals surface area (Å²) in [5.41, 5.74) is 0.648. The van der Waals surface area contributed by atoms with Crippen LogP contribution >= 0.6 is 27.3 Å². The molecule has 0 radical (unpaired) electrons. The summed E-state index contributed by atoms with van der Waals surface area (Å²) in [6.45, 7) is 8.63. The molecule has 1 aromatic carbocycles. The average Bonchev–Trinajstić information content (AvgIpc) is 2.95. The second kappa shape index (κ2) is 8.47. The number of carbonyl (C=O) groups excluding carboxylic acids is 1. The number of anilines is 1. The second-order valence-electron chi connectivity index (χ2n) is 6.85. The van der Waals surface area contributed by atoms with Crippen molar-refractivity contribution in [3.05, 3.63) is 18.2 Å². The van der Waals surface area contributed by atoms with E-state index in [9.17, 15) is 4.79 Å². The van der Waals surface area contributed by atoms with Crippen molar-refractivity contribution in [3.63, 3.8) is 0 Å². The third kappa shape index (κ3) is 5.66. The topological polar surface area (TPSA) is 60.5 Å². The maximum absolute atomic E-state index is 12.1. The molecule has 0 aliphatic rings. The number of benzene rings is 1. The van der Waals surface area contributed by atoms with Crippen molar-refractivity contribution in [2.45, 2.75) is 44.5 Å². The standard InChI is InChI=1S/C18H25BrN2O3S/c1-11(2)15(19)16(22)21-17-20-13-7-6-12(10-14(13)25-17)24-9-8-18(3,4)23-5/h6-7,10-11,15H,8-9H2,1-5H3,(H,20,21,22). The minimum Gasteiger partial charge on any atom is -0.493 e. The Morgan fingerprint density at radius 2 is 2.12 bits per heavy atom. The lowest BCUT2D eigenvalue weighted by Crippen LogP contribution is -2.26. The molecule has 7 heteroatoms. The van der Waals surface area contributed by atoms with Crippen LogP contribution < -0.4 is 10.1 Å². The number of rotatable bonds is 8. The Kier molecular flexibility index (Phi) is 6.82. The number of nitrogens with zero attached hydrogens (tertiary/aromatic N) is 1. The number of aromatic nitrogens is 1. The van der Waals surface area contributed by atoms with Crippen molar-refractivity contribution in [3.8, 4) is 5.75 Å². The Balaban J connectivity index is 2.02. The first kappa shape index (κ1) is 20.1. The molecule has 1 N–H and O–H groups in total. The Morgan fingerprint density at radius 3 is 2.76 bits per heavy atom. The SMILES string of the molecule is COC(C)(C)CCOc1ccc2nc(NC(=O)C(Br)C(C)C)sc2c1. The van der Waals surface area contributed by atoms with Crippen LogP contribution in [0.3, 0.4) is 0 Å². The van der Waals surface area contributed by atoms with E-state index in [0.29, 0.717) is 11.7 Å². The minimum atomic E-state index is -0.234. The number of halogens is 1. The molecule has 0 fully saturated rings. The predicted octanol–water partition coefficient (Wildman–Crippen LogP) is 4.85. The van der Waals surface area contributed by atoms with Gasteiger partial charge >= 0.3 is 0 Å². The Labute approximate surface area is 161 Å². The van der Waals surface area contributed by atoms with E-state index in [0.717, 1.165) is 22.4 Å². The normalized spacial score (nSPS) is 13.2. The number of fused-ring (bicyclic) bond motifs is 1. The zero-order valence-corrected chi connectivity index (χ0v) is 17.7. The van der Waals surface area contributed by atoms with E-state index < -0.39 is 0 Å². The molecule has 0 bridgehead atoms. The maximum Gasteiger partial charge on any atom is 0.240 e. The second-order valence-corrected chi connectivity index (χ2v) is 8.86. The van der Waals surface area contributed by atoms with Gasteiger partial charge in [0.05, 0.1) is 27.3 Å². The lowest BCUT2D eigenvalue weighted by molar-refractivity contribution is -0.116. The number of nitrogens with one attached hydrogen (secondary N) is 1. The van der Waals surface area contributed by atoms with Crippen molar-refractivity contribution in [2.24, 2.45) is 5.92 Å². The van der Waals surface area contributed by atoms with Gasteiger partial charge in [0.15, 0.2) is 5.13 Å². The molecule has 1 atom stereocenters. The number of methoxy groups -OCH3 is 1. The van der Waals surface area contributed by atoms with Crippen LogP contribution in [0.1, 0.15) is 34.1 Å². The molecule has 2 rings (SSSR count). The molecule has 2 aromatic rings. The fourth-order valence-electron chi connectivity index (χ4n) is 2.04. The Hall–Kier alpha value is -1.18. The molecule has 0 aliphatic heterocycles. The quantitative estimate of drug-likeness (QED) is 0.610. The van der Waals surface area contributed by atoms with Crippen LogP contribution in [0.5, 0.6) is 5.75 Å². The van der Waals surface area contributed by atoms with E-state index in [1.165, 1.54) is 11.3 Å². The van der Waals surface area contributed by atoms with Gasteiger partial charge in [0.1, 0.15) is 5.75 Å². The predicted molar refractivity (Wildman–Crippen MR) is 107 cm³/mol. The van der Waals surface area contributed by atoms with Crippen molar-refractivity contribution >= 4 is 48.5 Å². The van der Waals surface area contributed by atoms with E-state index in [1.54, 1.807) is 7.11 Å². The molecule has 0 spiro atoms. The molecule has 1 unspecified atom stereocenters. The van der Waals surface area contributed by atoms with Gasteiger partial charge in [0, 0.05) is 13.5 Å². The van der Waals surface area contributed by atoms with Crippen LogP contribution in [0.15, 0.2) is 18.2 Å². The molecule has 25 heavy (non-hydrogen) atoms. The van der Waals surface area contributed by atoms with E-state index in [-0.39, 0.29) is 22.3 Å². The highest BCUT2D eigenvalue weighted by molar-refractivity contribution is 9.10. The van der Waals surface area contributed by atoms with Crippen LogP contribution in [0, 0.1) is 5.92 Å². The van der Waals surface area contributed by atoms with Crippen LogP contribution in [-0.2, 0) is 9.53 Å². The van der Waals surface area contributed by atoms with Crippen molar-refractivity contribution in [1.29, 1.82) is 0 Å². The number of amides is 1. The minimum absolute atomic E-state index is 0.0765. The Bertz CT molecular complexity index is 730. The summed E-state index contributed by atoms with van der Waals surface area (Å²) in [6, 6.07) is 5.76. The number of alkyl halides is 1. The lowest BCUT2D eigenvalue weighted by atomic mass is 10.1. The lowest BCUT2D eigenvalue weighted by Gasteiger charge is -2.22. The summed E-state index contributed by atoms with van der Waals surface area (Å²) in [6.07, 6.45) is 0.799. The van der Waals surface area contributed by atoms with E-state index >= 15 is 0 Å². The molecular weight excluding hydrogens is 404 g/mol. The van der Waals surface area contributed by atoms with Crippen LogP contribution in [0.25, 0.3) is 10.2 Å². The monoisotopic (exact) mass is 428 g/mol. The van der Waals surface area contributed by atoms with Crippen LogP contribution in [-0.4, -0.2) is 35.0 Å². The Morgan fingerprint density at radius 1 is 1.40 bits per heavy atom. The molecule has 138 valence electrons. The molecule has 0 aliphatic carbocycles. The number of carbonyl (C=O) groups is 1. The van der Waals surface area contributed by atoms with Crippen molar-refractivity contribution in [1.82, 2.24) is 4.98 Å².